The summed E-state index contributed by atoms with van der Waals surface area (Å²) >= 11 is 0. The van der Waals surface area contributed by atoms with Crippen molar-refractivity contribution in [3.63, 3.8) is 0 Å². The van der Waals surface area contributed by atoms with Crippen LogP contribution < -0.4 is 0 Å². The van der Waals surface area contributed by atoms with Gasteiger partial charge in [-0.2, -0.15) is 36.4 Å². The van der Waals surface area contributed by atoms with Gasteiger partial charge in [0.25, 0.3) is 0 Å². The summed E-state index contributed by atoms with van der Waals surface area (Å²) in [6, 6.07) is 19.0. The third-order valence-electron chi connectivity index (χ3n) is 2.17. The maximum absolute atomic E-state index is 3.32. The molecule has 2 aromatic carbocycles. The van der Waals surface area contributed by atoms with Gasteiger partial charge in [-0.05, 0) is 0 Å². The largest absolute Gasteiger partial charge is 2.00 e. The van der Waals surface area contributed by atoms with E-state index in [-0.39, 0.29) is 18.6 Å². The molecule has 0 nitrogen and oxygen atoms in total. The summed E-state index contributed by atoms with van der Waals surface area (Å²) in [7, 11) is 0. The minimum Gasteiger partial charge on any atom is -0.226 e. The van der Waals surface area contributed by atoms with Gasteiger partial charge in [0, 0.05) is 0 Å². The smallest absolute Gasteiger partial charge is 0.226 e. The van der Waals surface area contributed by atoms with Crippen LogP contribution in [0, 0.1) is 26.0 Å². The molecule has 0 aliphatic carbocycles. The van der Waals surface area contributed by atoms with Crippen molar-refractivity contribution in [2.45, 2.75) is 13.8 Å². The molecule has 0 saturated heterocycles. The first kappa shape index (κ1) is 12.1. The van der Waals surface area contributed by atoms with E-state index in [0.29, 0.717) is 0 Å². The van der Waals surface area contributed by atoms with E-state index in [1.165, 1.54) is 0 Å². The molecule has 1 heteroatoms. The predicted octanol–water partition coefficient (Wildman–Crippen LogP) is 3.57. The molecule has 73 valence electrons. The van der Waals surface area contributed by atoms with Gasteiger partial charge in [-0.15, -0.1) is 23.3 Å². The topological polar surface area (TPSA) is 0 Å². The molecular formula is C14H12V. The molecule has 2 aromatic rings. The van der Waals surface area contributed by atoms with E-state index in [1.807, 2.05) is 0 Å². The number of hydrogen-bond acceptors (Lipinski definition) is 0. The molecule has 0 N–H and O–H groups in total. The second kappa shape index (κ2) is 5.20. The Bertz CT molecular complexity index is 403. The molecule has 0 unspecified atom stereocenters. The molecule has 0 amide bonds. The van der Waals surface area contributed by atoms with Crippen molar-refractivity contribution in [2.75, 3.05) is 0 Å². The fourth-order valence-electron chi connectivity index (χ4n) is 1.48. The monoisotopic (exact) mass is 231 g/mol. The van der Waals surface area contributed by atoms with Crippen LogP contribution in [0.2, 0.25) is 0 Å². The number of hydrogen-bond donors (Lipinski definition) is 0. The number of aryl methyl sites for hydroxylation is 2. The van der Waals surface area contributed by atoms with Gasteiger partial charge in [-0.3, -0.25) is 0 Å². The zero-order valence-electron chi connectivity index (χ0n) is 8.91. The minimum absolute atomic E-state index is 0. The van der Waals surface area contributed by atoms with Gasteiger partial charge in [-0.1, -0.05) is 13.8 Å². The molecule has 0 aromatic heterocycles. The fraction of sp³-hybridized carbons (Fsp3) is 0.143. The Morgan fingerprint density at radius 3 is 1.47 bits per heavy atom. The average molecular weight is 231 g/mol. The third-order valence-corrected chi connectivity index (χ3v) is 2.17. The molecule has 2 rings (SSSR count). The average Bonchev–Trinajstić information content (AvgIpc) is 2.18. The number of benzene rings is 2. The van der Waals surface area contributed by atoms with Crippen molar-refractivity contribution in [3.05, 3.63) is 59.7 Å². The number of rotatable bonds is 1. The Balaban J connectivity index is 0.00000112. The molecule has 0 atom stereocenters. The van der Waals surface area contributed by atoms with Crippen molar-refractivity contribution in [1.82, 2.24) is 0 Å². The first-order valence-corrected chi connectivity index (χ1v) is 4.74. The van der Waals surface area contributed by atoms with Gasteiger partial charge in [-0.25, -0.2) is 11.1 Å². The van der Waals surface area contributed by atoms with Crippen LogP contribution in [0.25, 0.3) is 11.1 Å². The van der Waals surface area contributed by atoms with Gasteiger partial charge in [0.05, 0.1) is 0 Å². The van der Waals surface area contributed by atoms with Crippen LogP contribution in [0.3, 0.4) is 0 Å². The Hall–Kier alpha value is -0.976. The zero-order chi connectivity index (χ0) is 9.97. The molecule has 15 heavy (non-hydrogen) atoms. The van der Waals surface area contributed by atoms with E-state index < -0.39 is 0 Å². The third kappa shape index (κ3) is 2.99. The normalized spacial score (nSPS) is 9.47. The van der Waals surface area contributed by atoms with E-state index in [1.54, 1.807) is 0 Å². The van der Waals surface area contributed by atoms with Gasteiger partial charge in [0.15, 0.2) is 0 Å². The van der Waals surface area contributed by atoms with Crippen LogP contribution in [0.15, 0.2) is 36.4 Å². The molecular weight excluding hydrogens is 219 g/mol. The quantitative estimate of drug-likeness (QED) is 0.658. The second-order valence-corrected chi connectivity index (χ2v) is 3.49. The van der Waals surface area contributed by atoms with Gasteiger partial charge < -0.3 is 0 Å². The fourth-order valence-corrected chi connectivity index (χ4v) is 1.48. The summed E-state index contributed by atoms with van der Waals surface area (Å²) < 4.78 is 0. The van der Waals surface area contributed by atoms with E-state index in [4.69, 9.17) is 0 Å². The van der Waals surface area contributed by atoms with Crippen LogP contribution in [-0.2, 0) is 18.6 Å². The summed E-state index contributed by atoms with van der Waals surface area (Å²) in [5, 5.41) is 0. The summed E-state index contributed by atoms with van der Waals surface area (Å²) in [5.41, 5.74) is 4.57. The van der Waals surface area contributed by atoms with Gasteiger partial charge in [0.1, 0.15) is 0 Å². The molecule has 0 saturated carbocycles. The first-order chi connectivity index (χ1) is 6.75. The van der Waals surface area contributed by atoms with Crippen LogP contribution >= 0.6 is 0 Å². The van der Waals surface area contributed by atoms with E-state index in [2.05, 4.69) is 62.4 Å². The van der Waals surface area contributed by atoms with Crippen molar-refractivity contribution in [1.29, 1.82) is 0 Å². The second-order valence-electron chi connectivity index (χ2n) is 3.49. The molecule has 0 aliphatic rings. The summed E-state index contributed by atoms with van der Waals surface area (Å²) in [6.07, 6.45) is 0. The maximum atomic E-state index is 3.32. The van der Waals surface area contributed by atoms with E-state index >= 15 is 0 Å². The van der Waals surface area contributed by atoms with Crippen LogP contribution in [0.1, 0.15) is 11.1 Å². The van der Waals surface area contributed by atoms with Gasteiger partial charge in [0.2, 0.25) is 0 Å². The Labute approximate surface area is 103 Å². The molecule has 0 bridgehead atoms. The molecule has 0 fully saturated rings. The Morgan fingerprint density at radius 2 is 1.13 bits per heavy atom. The van der Waals surface area contributed by atoms with Gasteiger partial charge >= 0.3 is 18.6 Å². The standard InChI is InChI=1S/C14H12.V/c1-11-5-3-7-13(9-11)14-8-4-6-12(2)10-14;/h3-8H,1-2H3;/q-2;+2. The maximum Gasteiger partial charge on any atom is 2.00 e. The summed E-state index contributed by atoms with van der Waals surface area (Å²) in [6.45, 7) is 4.11. The van der Waals surface area contributed by atoms with E-state index in [9.17, 15) is 0 Å². The molecule has 0 heterocycles. The first-order valence-electron chi connectivity index (χ1n) is 4.74. The van der Waals surface area contributed by atoms with Crippen molar-refractivity contribution >= 4 is 0 Å². The summed E-state index contributed by atoms with van der Waals surface area (Å²) in [5.74, 6) is 0. The van der Waals surface area contributed by atoms with Crippen LogP contribution in [-0.4, -0.2) is 0 Å². The van der Waals surface area contributed by atoms with Crippen molar-refractivity contribution < 1.29 is 18.6 Å². The SMILES string of the molecule is Cc1[c-]c(-c2[c-]c(C)ccc2)ccc1.[V+2]. The molecule has 0 aliphatic heterocycles. The zero-order valence-corrected chi connectivity index (χ0v) is 10.3. The predicted molar refractivity (Wildman–Crippen MR) is 59.0 cm³/mol. The summed E-state index contributed by atoms with van der Waals surface area (Å²) in [4.78, 5) is 0. The Kier molecular flexibility index (Phi) is 4.20. The van der Waals surface area contributed by atoms with Crippen molar-refractivity contribution in [3.8, 4) is 11.1 Å². The van der Waals surface area contributed by atoms with Crippen molar-refractivity contribution in [2.24, 2.45) is 0 Å². The van der Waals surface area contributed by atoms with Crippen LogP contribution in [0.5, 0.6) is 0 Å². The Morgan fingerprint density at radius 1 is 0.733 bits per heavy atom. The molecule has 0 spiro atoms. The van der Waals surface area contributed by atoms with Crippen LogP contribution in [0.4, 0.5) is 0 Å². The molecule has 1 radical (unpaired) electrons. The minimum atomic E-state index is 0. The van der Waals surface area contributed by atoms with E-state index in [0.717, 1.165) is 22.3 Å².